The Kier molecular flexibility index (Phi) is 9.81. The third-order valence-corrected chi connectivity index (χ3v) is 5.29. The molecule has 2 atom stereocenters. The summed E-state index contributed by atoms with van der Waals surface area (Å²) in [6, 6.07) is 0. The average molecular weight is 439 g/mol. The van der Waals surface area contributed by atoms with E-state index in [1.807, 2.05) is 13.0 Å². The van der Waals surface area contributed by atoms with Gasteiger partial charge in [-0.1, -0.05) is 13.0 Å². The summed E-state index contributed by atoms with van der Waals surface area (Å²) < 4.78 is 11.2. The number of nitrogens with two attached hydrogens (primary N) is 2. The number of nitrogens with zero attached hydrogens (tertiary/aromatic N) is 2. The minimum atomic E-state index is -1.17. The van der Waals surface area contributed by atoms with E-state index in [2.05, 4.69) is 5.32 Å². The first-order valence-corrected chi connectivity index (χ1v) is 10.4. The number of ether oxygens (including phenoxy) is 1. The number of carbonyl (C=O) groups is 1. The molecule has 2 heterocycles. The topological polar surface area (TPSA) is 167 Å². The number of likely N-dealkylation sites (tertiary alicyclic amines) is 1. The number of carboxylic acid groups (broad SMARTS) is 1. The van der Waals surface area contributed by atoms with Gasteiger partial charge in [0.1, 0.15) is 23.7 Å². The highest BCUT2D eigenvalue weighted by atomic mass is 16.5. The van der Waals surface area contributed by atoms with E-state index in [1.54, 1.807) is 18.0 Å². The summed E-state index contributed by atoms with van der Waals surface area (Å²) in [6.07, 6.45) is 4.93. The van der Waals surface area contributed by atoms with Crippen LogP contribution in [0.3, 0.4) is 0 Å². The van der Waals surface area contributed by atoms with Crippen molar-refractivity contribution in [2.45, 2.75) is 32.0 Å². The fourth-order valence-electron chi connectivity index (χ4n) is 3.28. The highest BCUT2D eigenvalue weighted by Gasteiger charge is 2.35. The largest absolute Gasteiger partial charge is 0.487 e. The molecule has 0 aliphatic carbocycles. The zero-order chi connectivity index (χ0) is 23.0. The van der Waals surface area contributed by atoms with Crippen LogP contribution in [0.2, 0.25) is 6.32 Å². The van der Waals surface area contributed by atoms with Crippen molar-refractivity contribution < 1.29 is 29.4 Å². The average Bonchev–Trinajstić information content (AvgIpc) is 2.69. The monoisotopic (exact) mass is 439 g/mol. The summed E-state index contributed by atoms with van der Waals surface area (Å²) in [6.45, 7) is 3.16. The Morgan fingerprint density at radius 3 is 2.87 bits per heavy atom. The molecule has 0 radical (unpaired) electrons. The lowest BCUT2D eigenvalue weighted by atomic mass is 9.80. The molecule has 2 unspecified atom stereocenters. The van der Waals surface area contributed by atoms with Gasteiger partial charge in [-0.15, -0.1) is 0 Å². The van der Waals surface area contributed by atoms with Crippen molar-refractivity contribution >= 4 is 13.1 Å². The zero-order valence-electron chi connectivity index (χ0n) is 18.1. The lowest BCUT2D eigenvalue weighted by Gasteiger charge is -2.43. The van der Waals surface area contributed by atoms with E-state index < -0.39 is 19.3 Å². The summed E-state index contributed by atoms with van der Waals surface area (Å²) in [5.74, 6) is 5.13. The fraction of sp³-hybridized carbons (Fsp3) is 0.632. The summed E-state index contributed by atoms with van der Waals surface area (Å²) >= 11 is 0. The normalized spacial score (nSPS) is 22.8. The van der Waals surface area contributed by atoms with Gasteiger partial charge in [-0.2, -0.15) is 0 Å². The lowest BCUT2D eigenvalue weighted by molar-refractivity contribution is -0.134. The second-order valence-corrected chi connectivity index (χ2v) is 7.84. The molecule has 31 heavy (non-hydrogen) atoms. The van der Waals surface area contributed by atoms with Crippen LogP contribution in [-0.2, 0) is 14.2 Å². The maximum absolute atomic E-state index is 11.7. The Balaban J connectivity index is 1.98. The number of hydrazine groups is 1. The molecule has 0 aromatic heterocycles. The summed E-state index contributed by atoms with van der Waals surface area (Å²) in [5.41, 5.74) is 6.15. The van der Waals surface area contributed by atoms with Crippen molar-refractivity contribution in [2.75, 3.05) is 39.8 Å². The molecule has 2 rings (SSSR count). The molecular weight excluding hydrogens is 405 g/mol. The second-order valence-electron chi connectivity index (χ2n) is 7.84. The van der Waals surface area contributed by atoms with Crippen molar-refractivity contribution in [3.8, 4) is 0 Å². The molecule has 11 nitrogen and oxygen atoms in total. The maximum Gasteiger partial charge on any atom is 0.454 e. The summed E-state index contributed by atoms with van der Waals surface area (Å²) in [5, 5.41) is 34.2. The van der Waals surface area contributed by atoms with Crippen molar-refractivity contribution in [1.29, 1.82) is 0 Å². The molecule has 0 saturated carbocycles. The molecule has 1 saturated heterocycles. The summed E-state index contributed by atoms with van der Waals surface area (Å²) in [7, 11) is 0.749. The van der Waals surface area contributed by atoms with E-state index in [9.17, 15) is 20.0 Å². The predicted molar refractivity (Wildman–Crippen MR) is 116 cm³/mol. The molecule has 0 spiro atoms. The van der Waals surface area contributed by atoms with E-state index in [4.69, 9.17) is 21.0 Å². The van der Waals surface area contributed by atoms with Gasteiger partial charge in [-0.3, -0.25) is 4.90 Å². The number of aliphatic carboxylic acids is 1. The first-order valence-electron chi connectivity index (χ1n) is 10.4. The molecule has 8 N–H and O–H groups in total. The number of hydrogen-bond acceptors (Lipinski definition) is 10. The van der Waals surface area contributed by atoms with Crippen LogP contribution in [0.5, 0.6) is 0 Å². The van der Waals surface area contributed by atoms with Crippen molar-refractivity contribution in [3.05, 3.63) is 35.4 Å². The third-order valence-electron chi connectivity index (χ3n) is 5.29. The van der Waals surface area contributed by atoms with E-state index in [-0.39, 0.29) is 36.5 Å². The highest BCUT2D eigenvalue weighted by molar-refractivity contribution is 6.42. The Bertz CT molecular complexity index is 697. The number of aliphatic hydroxyl groups is 1. The van der Waals surface area contributed by atoms with Crippen LogP contribution in [0.15, 0.2) is 35.4 Å². The lowest BCUT2D eigenvalue weighted by Crippen LogP contribution is -2.59. The van der Waals surface area contributed by atoms with Gasteiger partial charge in [0.2, 0.25) is 0 Å². The Hall–Kier alpha value is -2.09. The van der Waals surface area contributed by atoms with Gasteiger partial charge in [0.25, 0.3) is 0 Å². The van der Waals surface area contributed by atoms with Crippen molar-refractivity contribution in [2.24, 2.45) is 17.5 Å². The third kappa shape index (κ3) is 7.52. The summed E-state index contributed by atoms with van der Waals surface area (Å²) in [4.78, 5) is 13.5. The van der Waals surface area contributed by atoms with E-state index in [1.165, 1.54) is 11.2 Å². The minimum absolute atomic E-state index is 0.0543. The standard InChI is InChI=1S/C19H34BN5O6/c1-13-3-4-17(16(19(27)28)12-30-20(29)6-5-13)31-15-9-24(10-15)18(26)11-25(22)14(7-21)8-23-2/h3-4,7,13,15,18,23,26,29H,5-6,8-12,21-22H2,1-2H3,(H,27,28)/b4-3?,14-7-,17-16?. The van der Waals surface area contributed by atoms with Crippen molar-refractivity contribution in [1.82, 2.24) is 15.2 Å². The molecule has 1 fully saturated rings. The Morgan fingerprint density at radius 1 is 1.55 bits per heavy atom. The number of hydrogen-bond donors (Lipinski definition) is 6. The molecular formula is C19H34BN5O6. The van der Waals surface area contributed by atoms with Gasteiger partial charge in [-0.05, 0) is 31.8 Å². The quantitative estimate of drug-likeness (QED) is 0.143. The minimum Gasteiger partial charge on any atom is -0.487 e. The highest BCUT2D eigenvalue weighted by Crippen LogP contribution is 2.23. The zero-order valence-corrected chi connectivity index (χ0v) is 18.1. The van der Waals surface area contributed by atoms with Crippen molar-refractivity contribution in [3.63, 3.8) is 0 Å². The molecule has 0 amide bonds. The fourth-order valence-corrected chi connectivity index (χ4v) is 3.28. The molecule has 174 valence electrons. The van der Waals surface area contributed by atoms with E-state index >= 15 is 0 Å². The van der Waals surface area contributed by atoms with Crippen LogP contribution in [0.1, 0.15) is 13.3 Å². The number of nitrogens with one attached hydrogen (secondary N) is 1. The number of likely N-dealkylation sites (N-methyl/N-ethyl adjacent to an activating group) is 1. The van der Waals surface area contributed by atoms with Gasteiger partial charge in [0.05, 0.1) is 18.8 Å². The molecule has 2 aliphatic rings. The predicted octanol–water partition coefficient (Wildman–Crippen LogP) is -1.37. The SMILES string of the molecule is CNC/C(=C/N)N(N)CC(O)N1CC(OC2=C(C(=O)O)COB(O)CCC(C)C=C2)C1. The van der Waals surface area contributed by atoms with Crippen LogP contribution in [0.25, 0.3) is 0 Å². The Morgan fingerprint density at radius 2 is 2.26 bits per heavy atom. The first-order chi connectivity index (χ1) is 14.7. The molecule has 2 aliphatic heterocycles. The maximum atomic E-state index is 11.7. The van der Waals surface area contributed by atoms with Gasteiger partial charge in [0, 0.05) is 25.8 Å². The molecule has 0 bridgehead atoms. The van der Waals surface area contributed by atoms with Crippen LogP contribution < -0.4 is 16.9 Å². The molecule has 0 aromatic carbocycles. The van der Waals surface area contributed by atoms with E-state index in [0.29, 0.717) is 38.1 Å². The van der Waals surface area contributed by atoms with Gasteiger partial charge < -0.3 is 40.7 Å². The van der Waals surface area contributed by atoms with Crippen LogP contribution in [0, 0.1) is 5.92 Å². The van der Waals surface area contributed by atoms with Crippen LogP contribution >= 0.6 is 0 Å². The van der Waals surface area contributed by atoms with Crippen LogP contribution in [0.4, 0.5) is 0 Å². The van der Waals surface area contributed by atoms with Crippen LogP contribution in [-0.4, -0.2) is 90.4 Å². The van der Waals surface area contributed by atoms with Gasteiger partial charge in [0.15, 0.2) is 0 Å². The van der Waals surface area contributed by atoms with E-state index in [0.717, 1.165) is 0 Å². The molecule has 12 heteroatoms. The Labute approximate surface area is 183 Å². The number of aliphatic hydroxyl groups excluding tert-OH is 1. The first kappa shape index (κ1) is 25.2. The number of carboxylic acids is 1. The molecule has 0 aromatic rings. The van der Waals surface area contributed by atoms with Gasteiger partial charge >= 0.3 is 13.1 Å². The smallest absolute Gasteiger partial charge is 0.454 e. The second kappa shape index (κ2) is 12.1. The number of rotatable bonds is 9. The van der Waals surface area contributed by atoms with Gasteiger partial charge in [-0.25, -0.2) is 10.6 Å². The number of allylic oxidation sites excluding steroid dienone is 2.